The third kappa shape index (κ3) is 7.25. The number of halogens is 1. The molecule has 0 spiro atoms. The third-order valence-corrected chi connectivity index (χ3v) is 6.32. The van der Waals surface area contributed by atoms with Crippen molar-refractivity contribution in [2.75, 3.05) is 24.2 Å². The van der Waals surface area contributed by atoms with Crippen LogP contribution in [0, 0.1) is 0 Å². The second-order valence-electron chi connectivity index (χ2n) is 7.21. The number of nitrogens with zero attached hydrogens (tertiary/aromatic N) is 2. The van der Waals surface area contributed by atoms with Crippen molar-refractivity contribution in [2.24, 2.45) is 0 Å². The zero-order chi connectivity index (χ0) is 23.0. The highest BCUT2D eigenvalue weighted by Gasteiger charge is 2.26. The van der Waals surface area contributed by atoms with Crippen molar-refractivity contribution in [3.63, 3.8) is 0 Å². The molecule has 0 bridgehead atoms. The number of hydrogen-bond acceptors (Lipinski definition) is 4. The van der Waals surface area contributed by atoms with Crippen LogP contribution < -0.4 is 9.62 Å². The molecular weight excluding hydrogens is 438 g/mol. The van der Waals surface area contributed by atoms with E-state index in [1.807, 2.05) is 6.07 Å². The minimum absolute atomic E-state index is 0.105. The van der Waals surface area contributed by atoms with Crippen molar-refractivity contribution in [1.29, 1.82) is 0 Å². The first kappa shape index (κ1) is 24.7. The molecule has 2 aromatic rings. The fourth-order valence-electron chi connectivity index (χ4n) is 3.18. The summed E-state index contributed by atoms with van der Waals surface area (Å²) >= 11 is 5.93. The van der Waals surface area contributed by atoms with Gasteiger partial charge in [0.2, 0.25) is 21.8 Å². The van der Waals surface area contributed by atoms with Crippen LogP contribution >= 0.6 is 11.6 Å². The first-order chi connectivity index (χ1) is 14.6. The number of rotatable bonds is 10. The fourth-order valence-corrected chi connectivity index (χ4v) is 4.27. The maximum absolute atomic E-state index is 13.0. The molecule has 0 heterocycles. The Morgan fingerprint density at radius 1 is 1.06 bits per heavy atom. The number of nitrogens with one attached hydrogen (secondary N) is 1. The SMILES string of the molecule is CNC(=O)[C@@H](C)N(Cc1ccc(Cl)cc1)C(=O)CCCN(c1ccccc1)S(C)(=O)=O. The van der Waals surface area contributed by atoms with Crippen molar-refractivity contribution in [3.05, 3.63) is 65.2 Å². The van der Waals surface area contributed by atoms with Crippen molar-refractivity contribution < 1.29 is 18.0 Å². The van der Waals surface area contributed by atoms with Gasteiger partial charge in [0.15, 0.2) is 0 Å². The number of carbonyl (C=O) groups is 2. The summed E-state index contributed by atoms with van der Waals surface area (Å²) in [6.45, 7) is 2.08. The van der Waals surface area contributed by atoms with Gasteiger partial charge in [-0.1, -0.05) is 41.9 Å². The predicted octanol–water partition coefficient (Wildman–Crippen LogP) is 3.05. The number of amides is 2. The summed E-state index contributed by atoms with van der Waals surface area (Å²) in [6, 6.07) is 15.2. The topological polar surface area (TPSA) is 86.8 Å². The monoisotopic (exact) mass is 465 g/mol. The smallest absolute Gasteiger partial charge is 0.242 e. The Labute approximate surface area is 189 Å². The average Bonchev–Trinajstić information content (AvgIpc) is 2.74. The van der Waals surface area contributed by atoms with Crippen LogP contribution in [0.2, 0.25) is 5.02 Å². The highest BCUT2D eigenvalue weighted by atomic mass is 35.5. The van der Waals surface area contributed by atoms with Gasteiger partial charge in [0.1, 0.15) is 6.04 Å². The third-order valence-electron chi connectivity index (χ3n) is 4.88. The molecule has 0 unspecified atom stereocenters. The largest absolute Gasteiger partial charge is 0.357 e. The molecule has 0 aliphatic carbocycles. The Morgan fingerprint density at radius 3 is 2.23 bits per heavy atom. The second-order valence-corrected chi connectivity index (χ2v) is 9.56. The molecule has 31 heavy (non-hydrogen) atoms. The molecule has 7 nitrogen and oxygen atoms in total. The summed E-state index contributed by atoms with van der Waals surface area (Å²) in [5.74, 6) is -0.503. The number of carbonyl (C=O) groups excluding carboxylic acids is 2. The molecule has 2 rings (SSSR count). The zero-order valence-electron chi connectivity index (χ0n) is 17.9. The van der Waals surface area contributed by atoms with Crippen LogP contribution in [0.25, 0.3) is 0 Å². The minimum Gasteiger partial charge on any atom is -0.357 e. The molecular formula is C22H28ClN3O4S. The Morgan fingerprint density at radius 2 is 1.68 bits per heavy atom. The van der Waals surface area contributed by atoms with E-state index < -0.39 is 16.1 Å². The zero-order valence-corrected chi connectivity index (χ0v) is 19.5. The van der Waals surface area contributed by atoms with E-state index in [9.17, 15) is 18.0 Å². The number of para-hydroxylation sites is 1. The van der Waals surface area contributed by atoms with Gasteiger partial charge in [-0.15, -0.1) is 0 Å². The molecule has 0 aliphatic rings. The van der Waals surface area contributed by atoms with Crippen LogP contribution in [0.1, 0.15) is 25.3 Å². The van der Waals surface area contributed by atoms with Gasteiger partial charge >= 0.3 is 0 Å². The van der Waals surface area contributed by atoms with Gasteiger partial charge in [-0.2, -0.15) is 0 Å². The van der Waals surface area contributed by atoms with Gasteiger partial charge in [-0.3, -0.25) is 13.9 Å². The maximum atomic E-state index is 13.0. The normalized spacial score (nSPS) is 12.1. The van der Waals surface area contributed by atoms with Crippen LogP contribution in [-0.4, -0.2) is 51.0 Å². The van der Waals surface area contributed by atoms with E-state index in [1.165, 1.54) is 16.3 Å². The van der Waals surface area contributed by atoms with Crippen LogP contribution in [-0.2, 0) is 26.2 Å². The summed E-state index contributed by atoms with van der Waals surface area (Å²) in [7, 11) is -1.97. The molecule has 0 aromatic heterocycles. The van der Waals surface area contributed by atoms with Gasteiger partial charge in [-0.25, -0.2) is 8.42 Å². The van der Waals surface area contributed by atoms with Gasteiger partial charge in [0.25, 0.3) is 0 Å². The molecule has 1 atom stereocenters. The summed E-state index contributed by atoms with van der Waals surface area (Å²) < 4.78 is 25.7. The van der Waals surface area contributed by atoms with Gasteiger partial charge in [0.05, 0.1) is 11.9 Å². The standard InChI is InChI=1S/C22H28ClN3O4S/c1-17(22(28)24-2)25(16-18-11-13-19(23)14-12-18)21(27)10-7-15-26(31(3,29)30)20-8-5-4-6-9-20/h4-6,8-9,11-14,17H,7,10,15-16H2,1-3H3,(H,24,28)/t17-/m1/s1. The predicted molar refractivity (Wildman–Crippen MR) is 123 cm³/mol. The number of likely N-dealkylation sites (N-methyl/N-ethyl adjacent to an activating group) is 1. The number of benzene rings is 2. The molecule has 9 heteroatoms. The molecule has 2 aromatic carbocycles. The van der Waals surface area contributed by atoms with E-state index in [4.69, 9.17) is 11.6 Å². The van der Waals surface area contributed by atoms with Gasteiger partial charge in [-0.05, 0) is 43.2 Å². The summed E-state index contributed by atoms with van der Waals surface area (Å²) in [4.78, 5) is 26.7. The van der Waals surface area contributed by atoms with Crippen molar-refractivity contribution in [2.45, 2.75) is 32.4 Å². The van der Waals surface area contributed by atoms with Crippen LogP contribution in [0.15, 0.2) is 54.6 Å². The first-order valence-electron chi connectivity index (χ1n) is 9.91. The lowest BCUT2D eigenvalue weighted by Crippen LogP contribution is -2.46. The molecule has 2 amide bonds. The van der Waals surface area contributed by atoms with E-state index >= 15 is 0 Å². The van der Waals surface area contributed by atoms with Crippen LogP contribution in [0.4, 0.5) is 5.69 Å². The molecule has 0 saturated carbocycles. The summed E-state index contributed by atoms with van der Waals surface area (Å²) in [5, 5.41) is 3.16. The van der Waals surface area contributed by atoms with Crippen LogP contribution in [0.5, 0.6) is 0 Å². The Bertz CT molecular complexity index is 982. The number of sulfonamides is 1. The fraction of sp³-hybridized carbons (Fsp3) is 0.364. The molecule has 0 fully saturated rings. The van der Waals surface area contributed by atoms with E-state index in [0.717, 1.165) is 11.8 Å². The van der Waals surface area contributed by atoms with Gasteiger partial charge < -0.3 is 10.2 Å². The molecule has 0 radical (unpaired) electrons. The number of anilines is 1. The highest BCUT2D eigenvalue weighted by molar-refractivity contribution is 7.92. The molecule has 1 N–H and O–H groups in total. The second kappa shape index (κ2) is 11.2. The molecule has 0 aliphatic heterocycles. The average molecular weight is 466 g/mol. The number of hydrogen-bond donors (Lipinski definition) is 1. The first-order valence-corrected chi connectivity index (χ1v) is 12.1. The van der Waals surface area contributed by atoms with Crippen LogP contribution in [0.3, 0.4) is 0 Å². The minimum atomic E-state index is -3.49. The van der Waals surface area contributed by atoms with Crippen molar-refractivity contribution in [3.8, 4) is 0 Å². The maximum Gasteiger partial charge on any atom is 0.242 e. The van der Waals surface area contributed by atoms with E-state index in [0.29, 0.717) is 17.1 Å². The summed E-state index contributed by atoms with van der Waals surface area (Å²) in [6.07, 6.45) is 1.56. The van der Waals surface area contributed by atoms with E-state index in [-0.39, 0.29) is 31.3 Å². The lowest BCUT2D eigenvalue weighted by Gasteiger charge is -2.29. The lowest BCUT2D eigenvalue weighted by atomic mass is 10.1. The summed E-state index contributed by atoms with van der Waals surface area (Å²) in [5.41, 5.74) is 1.39. The highest BCUT2D eigenvalue weighted by Crippen LogP contribution is 2.19. The van der Waals surface area contributed by atoms with Crippen molar-refractivity contribution >= 4 is 39.1 Å². The van der Waals surface area contributed by atoms with E-state index in [2.05, 4.69) is 5.32 Å². The quantitative estimate of drug-likeness (QED) is 0.584. The Balaban J connectivity index is 2.11. The van der Waals surface area contributed by atoms with E-state index in [1.54, 1.807) is 55.5 Å². The van der Waals surface area contributed by atoms with Crippen molar-refractivity contribution in [1.82, 2.24) is 10.2 Å². The molecule has 0 saturated heterocycles. The van der Waals surface area contributed by atoms with Gasteiger partial charge in [0, 0.05) is 31.6 Å². The molecule has 168 valence electrons. The Kier molecular flexibility index (Phi) is 8.88. The Hall–Kier alpha value is -2.58. The lowest BCUT2D eigenvalue weighted by molar-refractivity contribution is -0.140.